The largest absolute Gasteiger partial charge is 0.495 e. The highest BCUT2D eigenvalue weighted by atomic mass is 79.9. The number of halogens is 2. The number of fused-ring (bicyclic) bond motifs is 1. The molecule has 2 rings (SSSR count). The van der Waals surface area contributed by atoms with Crippen molar-refractivity contribution in [3.8, 4) is 5.75 Å². The first-order valence-electron chi connectivity index (χ1n) is 4.21. The Kier molecular flexibility index (Phi) is 2.78. The average Bonchev–Trinajstić information content (AvgIpc) is 2.72. The number of pyridine rings is 1. The van der Waals surface area contributed by atoms with E-state index in [1.165, 1.54) is 17.8 Å². The zero-order valence-electron chi connectivity index (χ0n) is 8.11. The van der Waals surface area contributed by atoms with Crippen LogP contribution in [0.4, 0.5) is 4.53 Å². The minimum Gasteiger partial charge on any atom is -0.495 e. The maximum absolute atomic E-state index is 11.8. The molecule has 0 saturated carbocycles. The van der Waals surface area contributed by atoms with Crippen LogP contribution in [0.1, 0.15) is 10.4 Å². The maximum Gasteiger partial charge on any atom is 0.383 e. The fourth-order valence-electron chi connectivity index (χ4n) is 1.35. The summed E-state index contributed by atoms with van der Waals surface area (Å²) >= 11 is 3.24. The van der Waals surface area contributed by atoms with Crippen molar-refractivity contribution in [2.24, 2.45) is 0 Å². The van der Waals surface area contributed by atoms with Crippen LogP contribution in [-0.2, 0) is 4.94 Å². The van der Waals surface area contributed by atoms with Gasteiger partial charge in [0, 0.05) is 9.00 Å². The number of ether oxygens (including phenoxy) is 1. The van der Waals surface area contributed by atoms with Crippen molar-refractivity contribution in [3.63, 3.8) is 0 Å². The quantitative estimate of drug-likeness (QED) is 0.850. The normalized spacial score (nSPS) is 10.4. The number of hydrogen-bond donors (Lipinski definition) is 0. The molecule has 2 aromatic heterocycles. The van der Waals surface area contributed by atoms with Gasteiger partial charge in [0.15, 0.2) is 0 Å². The molecule has 2 heterocycles. The predicted molar refractivity (Wildman–Crippen MR) is 56.0 cm³/mol. The molecule has 0 unspecified atom stereocenters. The lowest BCUT2D eigenvalue weighted by atomic mass is 10.2. The summed E-state index contributed by atoms with van der Waals surface area (Å²) in [6.45, 7) is 0. The summed E-state index contributed by atoms with van der Waals surface area (Å²) in [4.78, 5) is 14.3. The summed E-state index contributed by atoms with van der Waals surface area (Å²) in [5, 5.41) is 3.90. The topological polar surface area (TPSA) is 52.8 Å². The molecule has 0 fully saturated rings. The van der Waals surface area contributed by atoms with Crippen molar-refractivity contribution in [2.75, 3.05) is 7.11 Å². The van der Waals surface area contributed by atoms with E-state index in [9.17, 15) is 9.32 Å². The van der Waals surface area contributed by atoms with E-state index < -0.39 is 5.97 Å². The Hall–Kier alpha value is -1.63. The van der Waals surface area contributed by atoms with Crippen molar-refractivity contribution < 1.29 is 19.0 Å². The van der Waals surface area contributed by atoms with E-state index in [0.29, 0.717) is 15.7 Å². The summed E-state index contributed by atoms with van der Waals surface area (Å²) in [7, 11) is 1.51. The number of carbonyl (C=O) groups is 1. The van der Waals surface area contributed by atoms with Gasteiger partial charge in [0.1, 0.15) is 11.3 Å². The van der Waals surface area contributed by atoms with E-state index in [1.54, 1.807) is 12.3 Å². The van der Waals surface area contributed by atoms with Gasteiger partial charge in [-0.05, 0) is 22.0 Å². The molecule has 0 aromatic carbocycles. The number of hydrogen-bond acceptors (Lipinski definition) is 4. The standard InChI is InChI=1S/C9H6BrFN2O3/c1-15-5-2-7(10)8-6(9(14)16-11)3-12-13(8)4-5/h2-4H,1H3. The second-order valence-electron chi connectivity index (χ2n) is 2.94. The smallest absolute Gasteiger partial charge is 0.383 e. The number of carbonyl (C=O) groups excluding carboxylic acids is 1. The fourth-order valence-corrected chi connectivity index (χ4v) is 1.97. The van der Waals surface area contributed by atoms with Gasteiger partial charge < -0.3 is 4.74 Å². The molecule has 7 heteroatoms. The van der Waals surface area contributed by atoms with E-state index in [4.69, 9.17) is 4.74 Å². The van der Waals surface area contributed by atoms with Gasteiger partial charge in [-0.15, -0.1) is 0 Å². The number of nitrogens with zero attached hydrogens (tertiary/aromatic N) is 2. The van der Waals surface area contributed by atoms with E-state index in [0.717, 1.165) is 0 Å². The van der Waals surface area contributed by atoms with Gasteiger partial charge in [-0.1, -0.05) is 0 Å². The third kappa shape index (κ3) is 1.63. The zero-order valence-corrected chi connectivity index (χ0v) is 9.69. The summed E-state index contributed by atoms with van der Waals surface area (Å²) in [6.07, 6.45) is 2.79. The second kappa shape index (κ2) is 4.09. The fraction of sp³-hybridized carbons (Fsp3) is 0.111. The summed E-state index contributed by atoms with van der Waals surface area (Å²) < 4.78 is 18.8. The van der Waals surface area contributed by atoms with E-state index in [1.807, 2.05) is 0 Å². The van der Waals surface area contributed by atoms with Crippen molar-refractivity contribution in [1.29, 1.82) is 0 Å². The zero-order chi connectivity index (χ0) is 11.7. The predicted octanol–water partition coefficient (Wildman–Crippen LogP) is 2.15. The van der Waals surface area contributed by atoms with Crippen LogP contribution in [-0.4, -0.2) is 22.7 Å². The minimum absolute atomic E-state index is 0.0389. The van der Waals surface area contributed by atoms with E-state index in [2.05, 4.69) is 26.0 Å². The molecule has 0 aliphatic carbocycles. The van der Waals surface area contributed by atoms with Crippen LogP contribution in [0.5, 0.6) is 5.75 Å². The molecule has 5 nitrogen and oxygen atoms in total. The molecule has 0 spiro atoms. The Morgan fingerprint density at radius 3 is 3.00 bits per heavy atom. The molecule has 16 heavy (non-hydrogen) atoms. The van der Waals surface area contributed by atoms with Gasteiger partial charge in [-0.25, -0.2) is 14.3 Å². The molecule has 0 N–H and O–H groups in total. The lowest BCUT2D eigenvalue weighted by Gasteiger charge is -2.03. The van der Waals surface area contributed by atoms with E-state index >= 15 is 0 Å². The summed E-state index contributed by atoms with van der Waals surface area (Å²) in [5.74, 6) is -0.525. The Bertz CT molecular complexity index is 555. The van der Waals surface area contributed by atoms with Crippen LogP contribution in [0.15, 0.2) is 22.9 Å². The third-order valence-electron chi connectivity index (χ3n) is 2.07. The molecule has 0 atom stereocenters. The average molecular weight is 289 g/mol. The Labute approximate surface area is 97.8 Å². The summed E-state index contributed by atoms with van der Waals surface area (Å²) in [6, 6.07) is 1.64. The third-order valence-corrected chi connectivity index (χ3v) is 2.67. The van der Waals surface area contributed by atoms with Gasteiger partial charge >= 0.3 is 5.97 Å². The molecule has 0 radical (unpaired) electrons. The number of aromatic nitrogens is 2. The van der Waals surface area contributed by atoms with Crippen LogP contribution >= 0.6 is 15.9 Å². The first-order chi connectivity index (χ1) is 7.67. The lowest BCUT2D eigenvalue weighted by molar-refractivity contribution is -0.0786. The van der Waals surface area contributed by atoms with E-state index in [-0.39, 0.29) is 5.56 Å². The van der Waals surface area contributed by atoms with Crippen molar-refractivity contribution in [1.82, 2.24) is 9.61 Å². The van der Waals surface area contributed by atoms with Crippen molar-refractivity contribution in [3.05, 3.63) is 28.5 Å². The van der Waals surface area contributed by atoms with Gasteiger partial charge in [0.2, 0.25) is 0 Å². The van der Waals surface area contributed by atoms with Gasteiger partial charge in [-0.2, -0.15) is 5.10 Å². The monoisotopic (exact) mass is 288 g/mol. The molecule has 84 valence electrons. The maximum atomic E-state index is 11.8. The number of rotatable bonds is 2. The van der Waals surface area contributed by atoms with Crippen LogP contribution in [0.25, 0.3) is 5.52 Å². The number of methoxy groups -OCH3 is 1. The highest BCUT2D eigenvalue weighted by molar-refractivity contribution is 9.10. The molecule has 0 aliphatic heterocycles. The highest BCUT2D eigenvalue weighted by Gasteiger charge is 2.17. The van der Waals surface area contributed by atoms with Crippen molar-refractivity contribution >= 4 is 27.4 Å². The highest BCUT2D eigenvalue weighted by Crippen LogP contribution is 2.26. The molecule has 0 bridgehead atoms. The van der Waals surface area contributed by atoms with Crippen LogP contribution < -0.4 is 4.74 Å². The SMILES string of the molecule is COc1cc(Br)c2c(C(=O)OF)cnn2c1. The Morgan fingerprint density at radius 2 is 2.38 bits per heavy atom. The molecular weight excluding hydrogens is 283 g/mol. The van der Waals surface area contributed by atoms with Gasteiger partial charge in [0.25, 0.3) is 0 Å². The van der Waals surface area contributed by atoms with Gasteiger partial charge in [0.05, 0.1) is 25.0 Å². The molecule has 0 saturated heterocycles. The molecule has 0 amide bonds. The Morgan fingerprint density at radius 1 is 1.62 bits per heavy atom. The van der Waals surface area contributed by atoms with Crippen molar-refractivity contribution in [2.45, 2.75) is 0 Å². The first kappa shape index (κ1) is 10.9. The second-order valence-corrected chi connectivity index (χ2v) is 3.80. The Balaban J connectivity index is 2.68. The first-order valence-corrected chi connectivity index (χ1v) is 5.00. The molecular formula is C9H6BrFN2O3. The molecule has 2 aromatic rings. The molecule has 0 aliphatic rings. The van der Waals surface area contributed by atoms with Gasteiger partial charge in [-0.3, -0.25) is 0 Å². The van der Waals surface area contributed by atoms with Crippen LogP contribution in [0.2, 0.25) is 0 Å². The summed E-state index contributed by atoms with van der Waals surface area (Å²) in [5.41, 5.74) is 0.459. The lowest BCUT2D eigenvalue weighted by Crippen LogP contribution is -1.99. The van der Waals surface area contributed by atoms with Crippen LogP contribution in [0.3, 0.4) is 0 Å². The minimum atomic E-state index is -1.08. The van der Waals surface area contributed by atoms with Crippen LogP contribution in [0, 0.1) is 0 Å².